The van der Waals surface area contributed by atoms with Crippen molar-refractivity contribution >= 4 is 27.8 Å². The number of ether oxygens (including phenoxy) is 4. The third-order valence-corrected chi connectivity index (χ3v) is 8.71. The summed E-state index contributed by atoms with van der Waals surface area (Å²) in [6.45, 7) is 13.3. The molecule has 1 fully saturated rings. The molecule has 0 saturated carbocycles. The summed E-state index contributed by atoms with van der Waals surface area (Å²) >= 11 is 3.92. The number of nitrogens with zero attached hydrogens (tertiary/aromatic N) is 2. The molecule has 0 aliphatic carbocycles. The first-order valence-corrected chi connectivity index (χ1v) is 14.6. The fourth-order valence-corrected chi connectivity index (χ4v) is 6.94. The smallest absolute Gasteiger partial charge is 0.338 e. The van der Waals surface area contributed by atoms with Gasteiger partial charge in [-0.2, -0.15) is 0 Å². The molecule has 3 aliphatic heterocycles. The molecule has 2 atom stereocenters. The number of rotatable bonds is 4. The number of carbonyl (C=O) groups excluding carboxylic acids is 2. The number of carbonyl (C=O) groups is 2. The van der Waals surface area contributed by atoms with Crippen molar-refractivity contribution in [3.05, 3.63) is 39.0 Å². The molecule has 0 radical (unpaired) electrons. The van der Waals surface area contributed by atoms with Gasteiger partial charge in [0.1, 0.15) is 17.5 Å². The third-order valence-electron chi connectivity index (χ3n) is 7.85. The highest BCUT2D eigenvalue weighted by Gasteiger charge is 2.48. The Morgan fingerprint density at radius 2 is 1.87 bits per heavy atom. The van der Waals surface area contributed by atoms with Gasteiger partial charge in [0.15, 0.2) is 11.9 Å². The van der Waals surface area contributed by atoms with Gasteiger partial charge in [0.05, 0.1) is 19.4 Å². The van der Waals surface area contributed by atoms with Crippen LogP contribution in [0.1, 0.15) is 87.7 Å². The Morgan fingerprint density at radius 1 is 1.13 bits per heavy atom. The second kappa shape index (κ2) is 10.2. The lowest BCUT2D eigenvalue weighted by molar-refractivity contribution is -0.170. The van der Waals surface area contributed by atoms with Crippen LogP contribution in [0, 0.1) is 0 Å². The van der Waals surface area contributed by atoms with Crippen molar-refractivity contribution in [1.82, 2.24) is 9.47 Å². The van der Waals surface area contributed by atoms with E-state index >= 15 is 0 Å². The van der Waals surface area contributed by atoms with E-state index in [1.807, 2.05) is 17.0 Å². The maximum atomic E-state index is 14.0. The van der Waals surface area contributed by atoms with E-state index in [9.17, 15) is 9.59 Å². The van der Waals surface area contributed by atoms with Crippen LogP contribution in [-0.2, 0) is 38.4 Å². The Kier molecular flexibility index (Phi) is 7.40. The highest BCUT2D eigenvalue weighted by Crippen LogP contribution is 2.48. The minimum atomic E-state index is -0.970. The van der Waals surface area contributed by atoms with Crippen LogP contribution in [0.2, 0.25) is 0 Å². The number of aromatic nitrogens is 1. The molecule has 8 nitrogen and oxygen atoms in total. The predicted octanol–water partition coefficient (Wildman–Crippen LogP) is 5.82. The second-order valence-electron chi connectivity index (χ2n) is 12.0. The SMILES string of the molecule is CCOC(=O)[C@@H]1OC(C)(C)O[C@@H]1c1cc2c(cc1OC)CCn1c3c(c(Br)c1-2)CCCCN(C(C)(C)C)C3=O. The molecular formula is C30H39BrN2O6. The van der Waals surface area contributed by atoms with Gasteiger partial charge >= 0.3 is 5.97 Å². The van der Waals surface area contributed by atoms with Crippen LogP contribution < -0.4 is 4.74 Å². The molecule has 0 bridgehead atoms. The first kappa shape index (κ1) is 28.2. The van der Waals surface area contributed by atoms with Gasteiger partial charge in [-0.15, -0.1) is 0 Å². The van der Waals surface area contributed by atoms with E-state index in [1.165, 1.54) is 0 Å². The Hall–Kier alpha value is -2.36. The van der Waals surface area contributed by atoms with Gasteiger partial charge in [-0.1, -0.05) is 0 Å². The second-order valence-corrected chi connectivity index (χ2v) is 12.7. The zero-order valence-corrected chi connectivity index (χ0v) is 25.6. The zero-order valence-electron chi connectivity index (χ0n) is 24.0. The number of hydrogen-bond donors (Lipinski definition) is 0. The maximum Gasteiger partial charge on any atom is 0.338 e. The number of hydrogen-bond acceptors (Lipinski definition) is 6. The largest absolute Gasteiger partial charge is 0.496 e. The fraction of sp³-hybridized carbons (Fsp3) is 0.600. The number of benzene rings is 1. The first-order valence-electron chi connectivity index (χ1n) is 13.8. The van der Waals surface area contributed by atoms with Gasteiger partial charge in [0.2, 0.25) is 0 Å². The monoisotopic (exact) mass is 602 g/mol. The molecule has 0 spiro atoms. The summed E-state index contributed by atoms with van der Waals surface area (Å²) in [4.78, 5) is 28.9. The molecule has 2 aromatic rings. The highest BCUT2D eigenvalue weighted by molar-refractivity contribution is 9.10. The number of esters is 1. The Bertz CT molecular complexity index is 1310. The van der Waals surface area contributed by atoms with E-state index in [0.29, 0.717) is 12.3 Å². The molecular weight excluding hydrogens is 564 g/mol. The summed E-state index contributed by atoms with van der Waals surface area (Å²) in [7, 11) is 1.62. The van der Waals surface area contributed by atoms with Gasteiger partial charge in [-0.3, -0.25) is 4.79 Å². The minimum absolute atomic E-state index is 0.0815. The van der Waals surface area contributed by atoms with Crippen LogP contribution >= 0.6 is 15.9 Å². The van der Waals surface area contributed by atoms with E-state index in [4.69, 9.17) is 18.9 Å². The Morgan fingerprint density at radius 3 is 2.54 bits per heavy atom. The number of halogens is 1. The summed E-state index contributed by atoms with van der Waals surface area (Å²) < 4.78 is 26.6. The van der Waals surface area contributed by atoms with Crippen LogP contribution in [0.5, 0.6) is 5.75 Å². The number of methoxy groups -OCH3 is 1. The summed E-state index contributed by atoms with van der Waals surface area (Å²) in [5.74, 6) is -0.715. The minimum Gasteiger partial charge on any atom is -0.496 e. The zero-order chi connectivity index (χ0) is 28.3. The standard InChI is InChI=1S/C30H39BrN2O6/c1-8-37-28(35)26-25(38-30(5,6)39-26)20-16-19-17(15-21(20)36-7)12-14-32-23(19)22(31)18-11-9-10-13-33(29(2,3)4)27(34)24(18)32/h15-16,25-26H,8-14H2,1-7H3/t25-,26-/m1/s1. The molecule has 5 rings (SSSR count). The van der Waals surface area contributed by atoms with Crippen LogP contribution in [0.25, 0.3) is 11.3 Å². The van der Waals surface area contributed by atoms with Crippen molar-refractivity contribution in [2.75, 3.05) is 20.3 Å². The van der Waals surface area contributed by atoms with Crippen molar-refractivity contribution in [3.63, 3.8) is 0 Å². The quantitative estimate of drug-likeness (QED) is 0.411. The predicted molar refractivity (Wildman–Crippen MR) is 151 cm³/mol. The van der Waals surface area contributed by atoms with Crippen molar-refractivity contribution in [1.29, 1.82) is 0 Å². The van der Waals surface area contributed by atoms with Crippen LogP contribution in [-0.4, -0.2) is 59.0 Å². The van der Waals surface area contributed by atoms with Gasteiger partial charge in [-0.25, -0.2) is 4.79 Å². The summed E-state index contributed by atoms with van der Waals surface area (Å²) in [6.07, 6.45) is 1.95. The molecule has 9 heteroatoms. The van der Waals surface area contributed by atoms with E-state index < -0.39 is 24.0 Å². The first-order chi connectivity index (χ1) is 18.4. The van der Waals surface area contributed by atoms with Crippen molar-refractivity contribution in [2.24, 2.45) is 0 Å². The fourth-order valence-electron chi connectivity index (χ4n) is 6.12. The molecule has 3 aliphatic rings. The van der Waals surface area contributed by atoms with Gasteiger partial charge in [0, 0.05) is 34.2 Å². The molecule has 1 saturated heterocycles. The van der Waals surface area contributed by atoms with Gasteiger partial charge in [-0.05, 0) is 106 Å². The van der Waals surface area contributed by atoms with Crippen molar-refractivity contribution in [3.8, 4) is 17.0 Å². The van der Waals surface area contributed by atoms with E-state index in [-0.39, 0.29) is 18.1 Å². The molecule has 1 aromatic heterocycles. The molecule has 39 heavy (non-hydrogen) atoms. The highest BCUT2D eigenvalue weighted by atomic mass is 79.9. The van der Waals surface area contributed by atoms with Crippen molar-refractivity contribution < 1.29 is 28.5 Å². The lowest BCUT2D eigenvalue weighted by atomic mass is 9.92. The van der Waals surface area contributed by atoms with E-state index in [1.54, 1.807) is 27.9 Å². The third kappa shape index (κ3) is 4.91. The summed E-state index contributed by atoms with van der Waals surface area (Å²) in [5.41, 5.74) is 5.41. The number of fused-ring (bicyclic) bond motifs is 5. The Balaban J connectivity index is 1.67. The number of aryl methyl sites for hydroxylation is 1. The number of amides is 1. The van der Waals surface area contributed by atoms with Crippen LogP contribution in [0.15, 0.2) is 16.6 Å². The van der Waals surface area contributed by atoms with Crippen LogP contribution in [0.4, 0.5) is 0 Å². The van der Waals surface area contributed by atoms with E-state index in [0.717, 1.165) is 70.3 Å². The van der Waals surface area contributed by atoms with Gasteiger partial charge < -0.3 is 28.4 Å². The normalized spacial score (nSPS) is 22.5. The van der Waals surface area contributed by atoms with Gasteiger partial charge in [0.25, 0.3) is 5.91 Å². The molecule has 0 N–H and O–H groups in total. The molecule has 212 valence electrons. The van der Waals surface area contributed by atoms with E-state index in [2.05, 4.69) is 41.3 Å². The lowest BCUT2D eigenvalue weighted by Crippen LogP contribution is -2.47. The molecule has 0 unspecified atom stereocenters. The summed E-state index contributed by atoms with van der Waals surface area (Å²) in [6, 6.07) is 4.08. The molecule has 4 heterocycles. The average molecular weight is 604 g/mol. The molecule has 1 aromatic carbocycles. The van der Waals surface area contributed by atoms with Crippen molar-refractivity contribution in [2.45, 2.75) is 97.3 Å². The average Bonchev–Trinajstić information content (AvgIpc) is 3.33. The Labute approximate surface area is 239 Å². The molecule has 1 amide bonds. The maximum absolute atomic E-state index is 14.0. The topological polar surface area (TPSA) is 79.2 Å². The lowest BCUT2D eigenvalue weighted by Gasteiger charge is -2.37. The summed E-state index contributed by atoms with van der Waals surface area (Å²) in [5, 5.41) is 0. The van der Waals surface area contributed by atoms with Crippen LogP contribution in [0.3, 0.4) is 0 Å².